The van der Waals surface area contributed by atoms with E-state index in [0.29, 0.717) is 12.0 Å². The van der Waals surface area contributed by atoms with Gasteiger partial charge >= 0.3 is 0 Å². The molecule has 0 rings (SSSR count). The van der Waals surface area contributed by atoms with Gasteiger partial charge in [0.1, 0.15) is 0 Å². The van der Waals surface area contributed by atoms with Crippen molar-refractivity contribution in [3.05, 3.63) is 23.9 Å². The number of hydrogen-bond acceptors (Lipinski definition) is 1. The maximum absolute atomic E-state index is 4.04. The van der Waals surface area contributed by atoms with Gasteiger partial charge in [-0.1, -0.05) is 43.9 Å². The Bertz CT molecular complexity index is 291. The van der Waals surface area contributed by atoms with Crippen LogP contribution < -0.4 is 5.32 Å². The number of hydrogen-bond donors (Lipinski definition) is 1. The van der Waals surface area contributed by atoms with Crippen molar-refractivity contribution in [2.24, 2.45) is 5.92 Å². The van der Waals surface area contributed by atoms with Crippen LogP contribution in [0.15, 0.2) is 23.9 Å². The van der Waals surface area contributed by atoms with Gasteiger partial charge in [0.05, 0.1) is 8.07 Å². The summed E-state index contributed by atoms with van der Waals surface area (Å²) in [5.74, 6) is 0.592. The van der Waals surface area contributed by atoms with Crippen molar-refractivity contribution < 1.29 is 0 Å². The molecular weight excluding hydrogens is 234 g/mol. The third kappa shape index (κ3) is 9.66. The Morgan fingerprint density at radius 2 is 1.78 bits per heavy atom. The van der Waals surface area contributed by atoms with Crippen molar-refractivity contribution in [1.82, 2.24) is 5.32 Å². The zero-order chi connectivity index (χ0) is 14.6. The lowest BCUT2D eigenvalue weighted by molar-refractivity contribution is 0.329. The molecule has 0 aliphatic rings. The van der Waals surface area contributed by atoms with Crippen LogP contribution in [0.2, 0.25) is 19.6 Å². The predicted molar refractivity (Wildman–Crippen MR) is 87.8 cm³/mol. The Hall–Kier alpha value is -0.343. The molecular formula is C16H33NSi. The van der Waals surface area contributed by atoms with E-state index in [1.807, 2.05) is 0 Å². The second-order valence-corrected chi connectivity index (χ2v) is 12.8. The molecule has 1 N–H and O–H groups in total. The summed E-state index contributed by atoms with van der Waals surface area (Å²) >= 11 is 0. The maximum atomic E-state index is 4.04. The van der Waals surface area contributed by atoms with Gasteiger partial charge in [-0.15, -0.1) is 6.58 Å². The van der Waals surface area contributed by atoms with E-state index < -0.39 is 8.07 Å². The van der Waals surface area contributed by atoms with Gasteiger partial charge in [-0.25, -0.2) is 0 Å². The van der Waals surface area contributed by atoms with Gasteiger partial charge in [0.15, 0.2) is 0 Å². The van der Waals surface area contributed by atoms with Gasteiger partial charge in [0.25, 0.3) is 0 Å². The van der Waals surface area contributed by atoms with E-state index in [-0.39, 0.29) is 5.54 Å². The van der Waals surface area contributed by atoms with E-state index in [2.05, 4.69) is 77.9 Å². The molecule has 0 saturated heterocycles. The number of allylic oxidation sites excluding steroid dienone is 1. The third-order valence-corrected chi connectivity index (χ3v) is 3.88. The molecule has 1 nitrogen and oxygen atoms in total. The average molecular weight is 268 g/mol. The largest absolute Gasteiger partial charge is 0.306 e. The minimum absolute atomic E-state index is 0.151. The van der Waals surface area contributed by atoms with Gasteiger partial charge < -0.3 is 5.32 Å². The Balaban J connectivity index is 4.83. The standard InChI is InChI=1S/C16H33NSi/c1-13(2)12-14(3)15(17-16(4,5)6)10-11-18(7,8)9/h10-11,14-15,17H,1,12H2,2-9H3. The second kappa shape index (κ2) is 6.72. The Morgan fingerprint density at radius 1 is 1.28 bits per heavy atom. The lowest BCUT2D eigenvalue weighted by Crippen LogP contribution is -2.46. The van der Waals surface area contributed by atoms with E-state index in [1.165, 1.54) is 5.57 Å². The predicted octanol–water partition coefficient (Wildman–Crippen LogP) is 4.78. The van der Waals surface area contributed by atoms with Crippen LogP contribution in [0.5, 0.6) is 0 Å². The first-order valence-electron chi connectivity index (χ1n) is 7.02. The fourth-order valence-corrected chi connectivity index (χ4v) is 2.73. The topological polar surface area (TPSA) is 12.0 Å². The Morgan fingerprint density at radius 3 is 2.11 bits per heavy atom. The van der Waals surface area contributed by atoms with Crippen molar-refractivity contribution in [3.8, 4) is 0 Å². The normalized spacial score (nSPS) is 16.9. The smallest absolute Gasteiger partial charge is 0.0683 e. The first kappa shape index (κ1) is 17.7. The first-order chi connectivity index (χ1) is 7.91. The molecule has 0 aromatic carbocycles. The van der Waals surface area contributed by atoms with Crippen molar-refractivity contribution >= 4 is 8.07 Å². The van der Waals surface area contributed by atoms with Crippen molar-refractivity contribution in [3.63, 3.8) is 0 Å². The lowest BCUT2D eigenvalue weighted by atomic mass is 9.93. The molecule has 0 aromatic rings. The second-order valence-electron chi connectivity index (χ2n) is 7.78. The van der Waals surface area contributed by atoms with E-state index in [4.69, 9.17) is 0 Å². The van der Waals surface area contributed by atoms with Crippen LogP contribution in [-0.4, -0.2) is 19.7 Å². The number of nitrogens with one attached hydrogen (secondary N) is 1. The summed E-state index contributed by atoms with van der Waals surface area (Å²) in [6.45, 7) is 22.3. The maximum Gasteiger partial charge on any atom is 0.0683 e. The average Bonchev–Trinajstić information content (AvgIpc) is 2.07. The Kier molecular flexibility index (Phi) is 6.59. The molecule has 0 radical (unpaired) electrons. The molecule has 2 unspecified atom stereocenters. The van der Waals surface area contributed by atoms with E-state index in [9.17, 15) is 0 Å². The molecule has 2 heteroatoms. The third-order valence-electron chi connectivity index (χ3n) is 2.69. The fourth-order valence-electron chi connectivity index (χ4n) is 1.95. The van der Waals surface area contributed by atoms with Gasteiger partial charge in [-0.05, 0) is 40.0 Å². The Labute approximate surface area is 116 Å². The molecule has 0 amide bonds. The molecule has 0 aliphatic carbocycles. The molecule has 0 aliphatic heterocycles. The molecule has 0 heterocycles. The van der Waals surface area contributed by atoms with Crippen LogP contribution in [0, 0.1) is 5.92 Å². The SMILES string of the molecule is C=C(C)CC(C)C(C=C[Si](C)(C)C)NC(C)(C)C. The lowest BCUT2D eigenvalue weighted by Gasteiger charge is -2.31. The monoisotopic (exact) mass is 267 g/mol. The van der Waals surface area contributed by atoms with Crippen molar-refractivity contribution in [2.75, 3.05) is 0 Å². The summed E-state index contributed by atoms with van der Waals surface area (Å²) in [4.78, 5) is 0. The quantitative estimate of drug-likeness (QED) is 0.539. The molecule has 0 saturated carbocycles. The highest BCUT2D eigenvalue weighted by Crippen LogP contribution is 2.18. The molecule has 106 valence electrons. The molecule has 0 spiro atoms. The van der Waals surface area contributed by atoms with Crippen LogP contribution in [0.4, 0.5) is 0 Å². The van der Waals surface area contributed by atoms with Crippen LogP contribution in [0.1, 0.15) is 41.0 Å². The summed E-state index contributed by atoms with van der Waals surface area (Å²) in [7, 11) is -1.12. The minimum atomic E-state index is -1.12. The van der Waals surface area contributed by atoms with Crippen LogP contribution in [0.25, 0.3) is 0 Å². The zero-order valence-electron chi connectivity index (χ0n) is 13.7. The van der Waals surface area contributed by atoms with Gasteiger partial charge in [0.2, 0.25) is 0 Å². The van der Waals surface area contributed by atoms with Crippen LogP contribution in [-0.2, 0) is 0 Å². The van der Waals surface area contributed by atoms with E-state index in [0.717, 1.165) is 6.42 Å². The van der Waals surface area contributed by atoms with Gasteiger partial charge in [-0.2, -0.15) is 0 Å². The zero-order valence-corrected chi connectivity index (χ0v) is 14.7. The highest BCUT2D eigenvalue weighted by Gasteiger charge is 2.21. The summed E-state index contributed by atoms with van der Waals surface area (Å²) in [5.41, 5.74) is 3.87. The van der Waals surface area contributed by atoms with Crippen LogP contribution >= 0.6 is 0 Å². The van der Waals surface area contributed by atoms with Gasteiger partial charge in [-0.3, -0.25) is 0 Å². The van der Waals surface area contributed by atoms with Crippen molar-refractivity contribution in [2.45, 2.75) is 72.3 Å². The highest BCUT2D eigenvalue weighted by molar-refractivity contribution is 6.80. The summed E-state index contributed by atoms with van der Waals surface area (Å²) in [6.07, 6.45) is 3.48. The molecule has 2 atom stereocenters. The highest BCUT2D eigenvalue weighted by atomic mass is 28.3. The minimum Gasteiger partial charge on any atom is -0.306 e. The van der Waals surface area contributed by atoms with E-state index >= 15 is 0 Å². The van der Waals surface area contributed by atoms with E-state index in [1.54, 1.807) is 0 Å². The summed E-state index contributed by atoms with van der Waals surface area (Å²) in [6, 6.07) is 0.438. The molecule has 0 fully saturated rings. The number of rotatable bonds is 6. The molecule has 0 aromatic heterocycles. The summed E-state index contributed by atoms with van der Waals surface area (Å²) < 4.78 is 0. The molecule has 0 bridgehead atoms. The van der Waals surface area contributed by atoms with Crippen LogP contribution in [0.3, 0.4) is 0 Å². The fraction of sp³-hybridized carbons (Fsp3) is 0.750. The van der Waals surface area contributed by atoms with Crippen molar-refractivity contribution in [1.29, 1.82) is 0 Å². The first-order valence-corrected chi connectivity index (χ1v) is 10.6. The summed E-state index contributed by atoms with van der Waals surface area (Å²) in [5, 5.41) is 3.73. The molecule has 18 heavy (non-hydrogen) atoms. The van der Waals surface area contributed by atoms with Gasteiger partial charge in [0, 0.05) is 11.6 Å².